The molecule has 14 nitrogen and oxygen atoms in total. The fourth-order valence-electron chi connectivity index (χ4n) is 8.36. The molecule has 0 spiro atoms. The van der Waals surface area contributed by atoms with Crippen LogP contribution in [-0.4, -0.2) is 90.1 Å². The van der Waals surface area contributed by atoms with Crippen LogP contribution in [0.2, 0.25) is 0 Å². The van der Waals surface area contributed by atoms with E-state index in [9.17, 15) is 32.7 Å². The largest absolute Gasteiger partial charge is 0.496 e. The van der Waals surface area contributed by atoms with Gasteiger partial charge < -0.3 is 29.5 Å². The number of benzene rings is 1. The third kappa shape index (κ3) is 9.35. The van der Waals surface area contributed by atoms with Crippen LogP contribution in [0.3, 0.4) is 0 Å². The van der Waals surface area contributed by atoms with Crippen LogP contribution in [-0.2, 0) is 30.0 Å². The molecule has 324 valence electrons. The van der Waals surface area contributed by atoms with Gasteiger partial charge in [0.1, 0.15) is 23.6 Å². The highest BCUT2D eigenvalue weighted by atomic mass is 32.2. The number of carbonyl (C=O) groups excluding carboxylic acids is 4. The smallest absolute Gasteiger partial charge is 0.262 e. The van der Waals surface area contributed by atoms with Crippen molar-refractivity contribution in [1.29, 1.82) is 0 Å². The van der Waals surface area contributed by atoms with Crippen LogP contribution in [0, 0.1) is 18.3 Å². The van der Waals surface area contributed by atoms with Crippen molar-refractivity contribution in [2.45, 2.75) is 134 Å². The maximum atomic E-state index is 14.9. The number of sulfonamides is 1. The summed E-state index contributed by atoms with van der Waals surface area (Å²) in [6, 6.07) is 6.64. The van der Waals surface area contributed by atoms with Crippen molar-refractivity contribution >= 4 is 55.8 Å². The van der Waals surface area contributed by atoms with Crippen molar-refractivity contribution in [3.8, 4) is 17.4 Å². The predicted octanol–water partition coefficient (Wildman–Crippen LogP) is 5.87. The summed E-state index contributed by atoms with van der Waals surface area (Å²) < 4.78 is 46.5. The minimum absolute atomic E-state index is 0.00136. The van der Waals surface area contributed by atoms with E-state index in [2.05, 4.69) is 10.0 Å². The van der Waals surface area contributed by atoms with E-state index in [0.29, 0.717) is 76.6 Å². The first-order valence-electron chi connectivity index (χ1n) is 20.9. The number of pyridine rings is 1. The van der Waals surface area contributed by atoms with Crippen molar-refractivity contribution in [2.24, 2.45) is 11.3 Å². The highest BCUT2D eigenvalue weighted by molar-refractivity contribution is 7.90. The van der Waals surface area contributed by atoms with Crippen molar-refractivity contribution < 1.29 is 46.9 Å². The zero-order valence-corrected chi connectivity index (χ0v) is 36.7. The van der Waals surface area contributed by atoms with E-state index in [1.807, 2.05) is 45.1 Å². The summed E-state index contributed by atoms with van der Waals surface area (Å²) in [6.07, 6.45) is 7.30. The number of rotatable bonds is 11. The van der Waals surface area contributed by atoms with Crippen LogP contribution in [0.1, 0.15) is 112 Å². The zero-order valence-electron chi connectivity index (χ0n) is 35.1. The molecule has 2 aliphatic carbocycles. The Kier molecular flexibility index (Phi) is 12.4. The lowest BCUT2D eigenvalue weighted by atomic mass is 9.91. The third-order valence-electron chi connectivity index (χ3n) is 12.0. The SMILES string of the molecule is COc1ccc2c(O[C@@H]3C[C@H]4C(=O)C[C@]5(C(=O)NS(=O)(=O)C6CC6)C[C@H]5/C=C\CCCCC[C@H](NC(=O)c5ccc(C(C)(C)O)s5)C(=O)N4C3)cc(OC(C)C)nc2c1C. The number of aromatic nitrogens is 1. The summed E-state index contributed by atoms with van der Waals surface area (Å²) in [5, 5.41) is 13.6. The standard InChI is InChI=1S/C44H56N4O10S2/c1-25(2)57-38-21-35(30-16-17-34(56-6)26(3)39(30)46-38)58-28-20-32-33(49)23-44(42(52)47-60(54,55)29-14-15-29)22-27(44)12-10-8-7-9-11-13-31(41(51)48(32)24-28)45-40(50)36-18-19-37(59-36)43(4,5)53/h10,12,16-19,21,25,27-29,31-32,53H,7-9,11,13-15,20,22-24H2,1-6H3,(H,45,50)(H,47,52)/b12-10-/t27-,28-,31+,32+,44-/m1/s1. The molecule has 16 heteroatoms. The number of methoxy groups -OCH3 is 1. The molecule has 60 heavy (non-hydrogen) atoms. The molecule has 5 atom stereocenters. The fraction of sp³-hybridized carbons (Fsp3) is 0.568. The van der Waals surface area contributed by atoms with Crippen LogP contribution in [0.15, 0.2) is 42.5 Å². The number of ketones is 1. The summed E-state index contributed by atoms with van der Waals surface area (Å²) in [5.74, 6) is -0.940. The molecule has 3 aromatic rings. The number of amides is 3. The Morgan fingerprint density at radius 1 is 1.07 bits per heavy atom. The molecule has 4 heterocycles. The van der Waals surface area contributed by atoms with E-state index in [1.165, 1.54) is 4.90 Å². The van der Waals surface area contributed by atoms with E-state index in [-0.39, 0.29) is 37.2 Å². The quantitative estimate of drug-likeness (QED) is 0.196. The zero-order chi connectivity index (χ0) is 43.1. The molecule has 2 aromatic heterocycles. The van der Waals surface area contributed by atoms with Crippen LogP contribution in [0.25, 0.3) is 10.9 Å². The van der Waals surface area contributed by atoms with Gasteiger partial charge in [-0.05, 0) is 103 Å². The Labute approximate surface area is 355 Å². The first kappa shape index (κ1) is 43.5. The number of carbonyl (C=O) groups is 4. The van der Waals surface area contributed by atoms with Crippen LogP contribution in [0.5, 0.6) is 17.4 Å². The number of hydrogen-bond acceptors (Lipinski definition) is 12. The van der Waals surface area contributed by atoms with Crippen LogP contribution >= 0.6 is 11.3 Å². The van der Waals surface area contributed by atoms with E-state index in [0.717, 1.165) is 29.7 Å². The second-order valence-corrected chi connectivity index (χ2v) is 20.5. The van der Waals surface area contributed by atoms with Gasteiger partial charge in [0.15, 0.2) is 5.78 Å². The minimum atomic E-state index is -3.88. The van der Waals surface area contributed by atoms with E-state index in [1.54, 1.807) is 39.2 Å². The van der Waals surface area contributed by atoms with E-state index in [4.69, 9.17) is 19.2 Å². The average molecular weight is 865 g/mol. The van der Waals surface area contributed by atoms with Gasteiger partial charge in [-0.2, -0.15) is 0 Å². The molecule has 1 saturated heterocycles. The lowest BCUT2D eigenvalue weighted by Crippen LogP contribution is -2.52. The molecule has 0 radical (unpaired) electrons. The van der Waals surface area contributed by atoms with Gasteiger partial charge in [-0.25, -0.2) is 13.4 Å². The molecular weight excluding hydrogens is 809 g/mol. The van der Waals surface area contributed by atoms with Gasteiger partial charge in [0.05, 0.1) is 52.5 Å². The van der Waals surface area contributed by atoms with Crippen molar-refractivity contribution in [1.82, 2.24) is 19.9 Å². The van der Waals surface area contributed by atoms with E-state index < -0.39 is 62.2 Å². The molecular formula is C44H56N4O10S2. The first-order valence-corrected chi connectivity index (χ1v) is 23.3. The Morgan fingerprint density at radius 3 is 2.52 bits per heavy atom. The maximum Gasteiger partial charge on any atom is 0.262 e. The number of Topliss-reactive ketones (excluding diaryl/α,β-unsaturated/α-hetero) is 1. The van der Waals surface area contributed by atoms with Gasteiger partial charge in [-0.3, -0.25) is 23.9 Å². The molecule has 1 aromatic carbocycles. The van der Waals surface area contributed by atoms with Crippen LogP contribution < -0.4 is 24.2 Å². The molecule has 3 fully saturated rings. The second-order valence-electron chi connectivity index (χ2n) is 17.5. The van der Waals surface area contributed by atoms with Crippen molar-refractivity contribution in [3.63, 3.8) is 0 Å². The normalized spacial score (nSPS) is 25.8. The Balaban J connectivity index is 1.23. The third-order valence-corrected chi connectivity index (χ3v) is 15.2. The molecule has 4 aliphatic rings. The summed E-state index contributed by atoms with van der Waals surface area (Å²) in [7, 11) is -2.30. The number of nitrogens with zero attached hydrogens (tertiary/aromatic N) is 2. The molecule has 3 N–H and O–H groups in total. The van der Waals surface area contributed by atoms with Crippen molar-refractivity contribution in [3.05, 3.63) is 57.8 Å². The number of ether oxygens (including phenoxy) is 3. The number of fused-ring (bicyclic) bond motifs is 3. The highest BCUT2D eigenvalue weighted by Gasteiger charge is 2.61. The summed E-state index contributed by atoms with van der Waals surface area (Å²) in [4.78, 5) is 64.4. The number of allylic oxidation sites excluding steroid dienone is 2. The van der Waals surface area contributed by atoms with Gasteiger partial charge in [0.25, 0.3) is 5.91 Å². The average Bonchev–Trinajstić information content (AvgIpc) is 4.05. The summed E-state index contributed by atoms with van der Waals surface area (Å²) in [5.41, 5.74) is -1.06. The Bertz CT molecular complexity index is 2300. The highest BCUT2D eigenvalue weighted by Crippen LogP contribution is 2.57. The maximum absolute atomic E-state index is 14.9. The summed E-state index contributed by atoms with van der Waals surface area (Å²) in [6.45, 7) is 8.94. The number of hydrogen-bond donors (Lipinski definition) is 3. The molecule has 3 amide bonds. The number of aliphatic hydroxyl groups is 1. The molecule has 7 rings (SSSR count). The van der Waals surface area contributed by atoms with Gasteiger partial charge >= 0.3 is 0 Å². The monoisotopic (exact) mass is 864 g/mol. The van der Waals surface area contributed by atoms with Gasteiger partial charge in [0.2, 0.25) is 27.7 Å². The van der Waals surface area contributed by atoms with Gasteiger partial charge in [0, 0.05) is 34.7 Å². The summed E-state index contributed by atoms with van der Waals surface area (Å²) >= 11 is 1.14. The lowest BCUT2D eigenvalue weighted by Gasteiger charge is -2.29. The lowest BCUT2D eigenvalue weighted by molar-refractivity contribution is -0.140. The molecule has 2 aliphatic heterocycles. The van der Waals surface area contributed by atoms with E-state index >= 15 is 0 Å². The van der Waals surface area contributed by atoms with Crippen molar-refractivity contribution in [2.75, 3.05) is 13.7 Å². The number of thiophene rings is 1. The van der Waals surface area contributed by atoms with Gasteiger partial charge in [-0.15, -0.1) is 11.3 Å². The Morgan fingerprint density at radius 2 is 1.83 bits per heavy atom. The fourth-order valence-corrected chi connectivity index (χ4v) is 10.7. The molecule has 2 saturated carbocycles. The number of aryl methyl sites for hydroxylation is 1. The number of nitrogens with one attached hydrogen (secondary N) is 2. The topological polar surface area (TPSA) is 191 Å². The van der Waals surface area contributed by atoms with Gasteiger partial charge in [-0.1, -0.05) is 25.0 Å². The predicted molar refractivity (Wildman–Crippen MR) is 227 cm³/mol. The Hall–Kier alpha value is -4.54. The molecule has 0 unspecified atom stereocenters. The first-order chi connectivity index (χ1) is 28.4. The molecule has 0 bridgehead atoms. The minimum Gasteiger partial charge on any atom is -0.496 e. The second kappa shape index (κ2) is 17.1. The van der Waals surface area contributed by atoms with Crippen LogP contribution in [0.4, 0.5) is 0 Å².